The van der Waals surface area contributed by atoms with Crippen LogP contribution in [0, 0.1) is 5.41 Å². The fourth-order valence-corrected chi connectivity index (χ4v) is 4.93. The molecule has 2 atom stereocenters. The van der Waals surface area contributed by atoms with Crippen molar-refractivity contribution >= 4 is 26.8 Å². The Labute approximate surface area is 114 Å². The molecular formula is C12H19BN3O2P. The third-order valence-electron chi connectivity index (χ3n) is 3.66. The van der Waals surface area contributed by atoms with Gasteiger partial charge < -0.3 is 9.84 Å². The zero-order valence-electron chi connectivity index (χ0n) is 11.7. The molecule has 0 saturated carbocycles. The van der Waals surface area contributed by atoms with Crippen LogP contribution in [0.15, 0.2) is 24.3 Å². The van der Waals surface area contributed by atoms with E-state index in [0.29, 0.717) is 6.54 Å². The lowest BCUT2D eigenvalue weighted by Crippen LogP contribution is -2.36. The van der Waals surface area contributed by atoms with E-state index >= 15 is 0 Å². The quantitative estimate of drug-likeness (QED) is 0.635. The maximum absolute atomic E-state index is 13.2. The van der Waals surface area contributed by atoms with Gasteiger partial charge >= 0.3 is 7.52 Å². The average molecular weight is 279 g/mol. The largest absolute Gasteiger partial charge is 0.336 e. The number of nitrogens with one attached hydrogen (secondary N) is 2. The fourth-order valence-electron chi connectivity index (χ4n) is 2.48. The first-order valence-corrected chi connectivity index (χ1v) is 7.84. The van der Waals surface area contributed by atoms with Crippen LogP contribution < -0.4 is 10.8 Å². The molecule has 0 radical (unpaired) electrons. The molecule has 0 bridgehead atoms. The molecule has 2 rings (SSSR count). The Balaban J connectivity index is 2.56. The van der Waals surface area contributed by atoms with Crippen LogP contribution in [0.5, 0.6) is 0 Å². The van der Waals surface area contributed by atoms with Gasteiger partial charge in [0.25, 0.3) is 0 Å². The van der Waals surface area contributed by atoms with Crippen molar-refractivity contribution in [1.82, 2.24) is 9.99 Å². The molecule has 0 aromatic heterocycles. The Hall–Kier alpha value is -1.26. The van der Waals surface area contributed by atoms with Crippen molar-refractivity contribution in [1.29, 1.82) is 5.41 Å². The minimum atomic E-state index is -3.18. The minimum Gasteiger partial charge on any atom is -0.336 e. The van der Waals surface area contributed by atoms with Gasteiger partial charge in [-0.3, -0.25) is 14.6 Å². The fraction of sp³-hybridized carbons (Fsp3) is 0.417. The molecule has 1 fully saturated rings. The van der Waals surface area contributed by atoms with E-state index in [-0.39, 0.29) is 5.96 Å². The topological polar surface area (TPSA) is 65.4 Å². The minimum absolute atomic E-state index is 0.149. The molecule has 1 aromatic rings. The number of nitrogens with zero attached hydrogens (tertiary/aromatic N) is 1. The van der Waals surface area contributed by atoms with Crippen LogP contribution in [0.3, 0.4) is 0 Å². The van der Waals surface area contributed by atoms with E-state index in [0.717, 1.165) is 11.0 Å². The lowest BCUT2D eigenvalue weighted by atomic mass is 9.94. The monoisotopic (exact) mass is 279 g/mol. The lowest BCUT2D eigenvalue weighted by Gasteiger charge is -2.32. The van der Waals surface area contributed by atoms with Gasteiger partial charge in [0.1, 0.15) is 7.85 Å². The van der Waals surface area contributed by atoms with Crippen LogP contribution in [-0.2, 0) is 14.4 Å². The number of hydrogen-bond donors (Lipinski definition) is 2. The number of benzene rings is 1. The van der Waals surface area contributed by atoms with E-state index in [1.54, 1.807) is 0 Å². The van der Waals surface area contributed by atoms with Crippen LogP contribution >= 0.6 is 7.52 Å². The van der Waals surface area contributed by atoms with Gasteiger partial charge in [0.15, 0.2) is 11.2 Å². The molecule has 102 valence electrons. The molecule has 1 heterocycles. The first kappa shape index (κ1) is 14.2. The van der Waals surface area contributed by atoms with E-state index in [9.17, 15) is 4.57 Å². The summed E-state index contributed by atoms with van der Waals surface area (Å²) in [5.41, 5.74) is 2.00. The van der Waals surface area contributed by atoms with Crippen molar-refractivity contribution in [2.45, 2.75) is 19.1 Å². The number of rotatable bonds is 3. The Bertz CT molecular complexity index is 548. The van der Waals surface area contributed by atoms with Crippen molar-refractivity contribution in [2.75, 3.05) is 13.7 Å². The summed E-state index contributed by atoms with van der Waals surface area (Å²) in [5.74, 6) is 0.149. The summed E-state index contributed by atoms with van der Waals surface area (Å²) in [6, 6.07) is 7.81. The summed E-state index contributed by atoms with van der Waals surface area (Å²) < 4.78 is 20.1. The maximum Gasteiger partial charge on any atom is 0.327 e. The van der Waals surface area contributed by atoms with Crippen molar-refractivity contribution in [3.8, 4) is 0 Å². The highest BCUT2D eigenvalue weighted by atomic mass is 31.2. The zero-order chi connectivity index (χ0) is 14.3. The van der Waals surface area contributed by atoms with Crippen molar-refractivity contribution < 1.29 is 9.09 Å². The van der Waals surface area contributed by atoms with Crippen molar-refractivity contribution in [3.05, 3.63) is 29.8 Å². The van der Waals surface area contributed by atoms with E-state index < -0.39 is 12.8 Å². The molecule has 2 unspecified atom stereocenters. The molecule has 1 aromatic carbocycles. The SMILES string of the molecule is Bc1ccc(C2(C)NC(=N)N(CC)P2(=O)OC)cc1. The second-order valence-corrected chi connectivity index (χ2v) is 7.61. The van der Waals surface area contributed by atoms with Gasteiger partial charge in [0.05, 0.1) is 0 Å². The Morgan fingerprint density at radius 2 is 2.05 bits per heavy atom. The van der Waals surface area contributed by atoms with Gasteiger partial charge in [-0.1, -0.05) is 29.7 Å². The van der Waals surface area contributed by atoms with Crippen molar-refractivity contribution in [3.63, 3.8) is 0 Å². The highest BCUT2D eigenvalue weighted by molar-refractivity contribution is 7.59. The molecule has 5 nitrogen and oxygen atoms in total. The summed E-state index contributed by atoms with van der Waals surface area (Å²) in [6.07, 6.45) is 0. The zero-order valence-corrected chi connectivity index (χ0v) is 12.6. The van der Waals surface area contributed by atoms with Crippen LogP contribution in [0.4, 0.5) is 0 Å². The maximum atomic E-state index is 13.2. The smallest absolute Gasteiger partial charge is 0.327 e. The molecule has 0 amide bonds. The van der Waals surface area contributed by atoms with Crippen LogP contribution in [0.25, 0.3) is 0 Å². The number of guanidine groups is 1. The molecule has 0 aliphatic carbocycles. The average Bonchev–Trinajstić information content (AvgIpc) is 2.58. The van der Waals surface area contributed by atoms with Gasteiger partial charge in [0, 0.05) is 13.7 Å². The third-order valence-corrected chi connectivity index (χ3v) is 6.78. The van der Waals surface area contributed by atoms with Crippen LogP contribution in [-0.4, -0.2) is 32.1 Å². The van der Waals surface area contributed by atoms with Crippen LogP contribution in [0.2, 0.25) is 0 Å². The molecule has 0 spiro atoms. The van der Waals surface area contributed by atoms with Gasteiger partial charge in [-0.05, 0) is 19.4 Å². The summed E-state index contributed by atoms with van der Waals surface area (Å²) >= 11 is 0. The Morgan fingerprint density at radius 3 is 2.53 bits per heavy atom. The standard InChI is InChI=1S/C12H19BN3O2P/c1-4-16-11(14)15-12(2,19(16,17)18-3)9-5-7-10(13)8-6-9/h5-8H,4,13H2,1-3H3,(H2,14,15). The molecule has 2 N–H and O–H groups in total. The molecular weight excluding hydrogens is 260 g/mol. The third kappa shape index (κ3) is 1.90. The predicted octanol–water partition coefficient (Wildman–Crippen LogP) is 0.817. The molecule has 1 aliphatic rings. The highest BCUT2D eigenvalue weighted by Gasteiger charge is 2.57. The second-order valence-electron chi connectivity index (χ2n) is 4.83. The summed E-state index contributed by atoms with van der Waals surface area (Å²) in [6.45, 7) is 4.16. The Morgan fingerprint density at radius 1 is 1.47 bits per heavy atom. The highest BCUT2D eigenvalue weighted by Crippen LogP contribution is 2.67. The first-order chi connectivity index (χ1) is 8.89. The normalized spacial score (nSPS) is 30.5. The van der Waals surface area contributed by atoms with Gasteiger partial charge in [-0.2, -0.15) is 0 Å². The lowest BCUT2D eigenvalue weighted by molar-refractivity contribution is 0.334. The first-order valence-electron chi connectivity index (χ1n) is 6.27. The van der Waals surface area contributed by atoms with E-state index in [2.05, 4.69) is 5.32 Å². The molecule has 19 heavy (non-hydrogen) atoms. The summed E-state index contributed by atoms with van der Waals surface area (Å²) in [5, 5.41) is 10.1. The van der Waals surface area contributed by atoms with Gasteiger partial charge in [-0.25, -0.2) is 0 Å². The van der Waals surface area contributed by atoms with E-state index in [4.69, 9.17) is 9.93 Å². The van der Waals surface area contributed by atoms with Crippen LogP contribution in [0.1, 0.15) is 19.4 Å². The second kappa shape index (κ2) is 4.69. The van der Waals surface area contributed by atoms with E-state index in [1.807, 2.05) is 46.0 Å². The molecule has 1 saturated heterocycles. The molecule has 7 heteroatoms. The predicted molar refractivity (Wildman–Crippen MR) is 79.8 cm³/mol. The van der Waals surface area contributed by atoms with Gasteiger partial charge in [-0.15, -0.1) is 0 Å². The Kier molecular flexibility index (Phi) is 3.50. The number of hydrogen-bond acceptors (Lipinski definition) is 3. The van der Waals surface area contributed by atoms with Crippen molar-refractivity contribution in [2.24, 2.45) is 0 Å². The molecule has 1 aliphatic heterocycles. The van der Waals surface area contributed by atoms with Gasteiger partial charge in [0.2, 0.25) is 0 Å². The summed E-state index contributed by atoms with van der Waals surface area (Å²) in [4.78, 5) is 0. The summed E-state index contributed by atoms with van der Waals surface area (Å²) in [7, 11) is 0.267. The van der Waals surface area contributed by atoms with E-state index in [1.165, 1.54) is 11.8 Å².